The van der Waals surface area contributed by atoms with E-state index >= 15 is 0 Å². The normalized spacial score (nSPS) is 20.3. The number of nitrogens with zero attached hydrogens (tertiary/aromatic N) is 2. The van der Waals surface area contributed by atoms with Crippen LogP contribution in [0.2, 0.25) is 0 Å². The summed E-state index contributed by atoms with van der Waals surface area (Å²) in [5, 5.41) is 15.5. The molecule has 3 rings (SSSR count). The molecule has 2 aromatic rings. The number of nitrogens with one attached hydrogen (secondary N) is 2. The second-order valence-electron chi connectivity index (χ2n) is 6.53. The second-order valence-corrected chi connectivity index (χ2v) is 8.06. The van der Waals surface area contributed by atoms with Crippen molar-refractivity contribution in [1.82, 2.24) is 15.1 Å². The molecule has 0 spiro atoms. The van der Waals surface area contributed by atoms with E-state index in [1.165, 1.54) is 6.07 Å². The summed E-state index contributed by atoms with van der Waals surface area (Å²) < 4.78 is 25.3. The highest BCUT2D eigenvalue weighted by Crippen LogP contribution is 2.29. The first-order chi connectivity index (χ1) is 12.3. The number of anilines is 1. The summed E-state index contributed by atoms with van der Waals surface area (Å²) in [6, 6.07) is 4.81. The number of aromatic nitrogens is 2. The maximum Gasteiger partial charge on any atom is 0.238 e. The Balaban J connectivity index is 1.81. The van der Waals surface area contributed by atoms with Gasteiger partial charge in [-0.3, -0.25) is 9.48 Å². The highest BCUT2D eigenvalue weighted by Gasteiger charge is 2.34. The number of amides is 1. The summed E-state index contributed by atoms with van der Waals surface area (Å²) in [5.74, 6) is -0.396. The summed E-state index contributed by atoms with van der Waals surface area (Å²) in [7, 11) is -2.01. The molecule has 1 aromatic carbocycles. The van der Waals surface area contributed by atoms with Gasteiger partial charge in [-0.15, -0.1) is 0 Å². The van der Waals surface area contributed by atoms with Gasteiger partial charge < -0.3 is 10.6 Å². The lowest BCUT2D eigenvalue weighted by Gasteiger charge is -2.17. The van der Waals surface area contributed by atoms with E-state index < -0.39 is 10.0 Å². The van der Waals surface area contributed by atoms with Crippen molar-refractivity contribution < 1.29 is 13.2 Å². The number of rotatable bonds is 5. The van der Waals surface area contributed by atoms with Crippen LogP contribution in [0.15, 0.2) is 35.5 Å². The van der Waals surface area contributed by atoms with E-state index in [9.17, 15) is 13.2 Å². The summed E-state index contributed by atoms with van der Waals surface area (Å²) in [6.07, 6.45) is 4.22. The topological polar surface area (TPSA) is 119 Å². The Kier molecular flexibility index (Phi) is 5.12. The summed E-state index contributed by atoms with van der Waals surface area (Å²) >= 11 is 0. The van der Waals surface area contributed by atoms with Crippen LogP contribution in [0.5, 0.6) is 0 Å². The first-order valence-corrected chi connectivity index (χ1v) is 10.00. The van der Waals surface area contributed by atoms with Gasteiger partial charge >= 0.3 is 0 Å². The van der Waals surface area contributed by atoms with Crippen LogP contribution in [0.4, 0.5) is 5.69 Å². The van der Waals surface area contributed by atoms with Crippen molar-refractivity contribution in [3.05, 3.63) is 41.7 Å². The van der Waals surface area contributed by atoms with E-state index in [4.69, 9.17) is 5.14 Å². The monoisotopic (exact) mass is 377 g/mol. The zero-order valence-corrected chi connectivity index (χ0v) is 15.6. The van der Waals surface area contributed by atoms with Gasteiger partial charge in [0, 0.05) is 37.9 Å². The Hall–Kier alpha value is -2.23. The maximum absolute atomic E-state index is 12.8. The molecule has 1 aromatic heterocycles. The van der Waals surface area contributed by atoms with Crippen molar-refractivity contribution in [1.29, 1.82) is 0 Å². The fourth-order valence-corrected chi connectivity index (χ4v) is 4.23. The van der Waals surface area contributed by atoms with Crippen molar-refractivity contribution in [2.45, 2.75) is 24.2 Å². The second kappa shape index (κ2) is 7.18. The van der Waals surface area contributed by atoms with Gasteiger partial charge in [-0.25, -0.2) is 13.6 Å². The molecule has 0 bridgehead atoms. The van der Waals surface area contributed by atoms with Gasteiger partial charge in [0.1, 0.15) is 0 Å². The minimum absolute atomic E-state index is 0.0244. The van der Waals surface area contributed by atoms with Crippen LogP contribution in [0.3, 0.4) is 0 Å². The number of hydrogen-bond acceptors (Lipinski definition) is 5. The first-order valence-electron chi connectivity index (χ1n) is 8.45. The predicted molar refractivity (Wildman–Crippen MR) is 98.1 cm³/mol. The van der Waals surface area contributed by atoms with Gasteiger partial charge in [0.2, 0.25) is 15.9 Å². The van der Waals surface area contributed by atoms with Crippen LogP contribution in [-0.4, -0.2) is 37.2 Å². The van der Waals surface area contributed by atoms with Gasteiger partial charge in [-0.1, -0.05) is 13.0 Å². The molecule has 26 heavy (non-hydrogen) atoms. The molecule has 8 nitrogen and oxygen atoms in total. The fourth-order valence-electron chi connectivity index (χ4n) is 3.36. The molecule has 1 fully saturated rings. The Labute approximate surface area is 152 Å². The Morgan fingerprint density at radius 1 is 1.42 bits per heavy atom. The van der Waals surface area contributed by atoms with Crippen LogP contribution < -0.4 is 15.8 Å². The van der Waals surface area contributed by atoms with E-state index in [1.807, 2.05) is 20.2 Å². The summed E-state index contributed by atoms with van der Waals surface area (Å²) in [6.45, 7) is 3.10. The predicted octanol–water partition coefficient (Wildman–Crippen LogP) is 0.572. The van der Waals surface area contributed by atoms with Gasteiger partial charge in [0.25, 0.3) is 0 Å². The van der Waals surface area contributed by atoms with Gasteiger partial charge in [-0.05, 0) is 29.7 Å². The molecule has 1 aliphatic rings. The summed E-state index contributed by atoms with van der Waals surface area (Å²) in [4.78, 5) is 12.8. The smallest absolute Gasteiger partial charge is 0.238 e. The summed E-state index contributed by atoms with van der Waals surface area (Å²) in [5.41, 5.74) is 2.05. The number of hydrogen-bond donors (Lipinski definition) is 3. The molecule has 1 amide bonds. The number of carbonyl (C=O) groups excluding carboxylic acids is 1. The van der Waals surface area contributed by atoms with E-state index in [-0.39, 0.29) is 22.6 Å². The third-order valence-corrected chi connectivity index (χ3v) is 5.72. The largest absolute Gasteiger partial charge is 0.326 e. The average molecular weight is 377 g/mol. The van der Waals surface area contributed by atoms with E-state index in [2.05, 4.69) is 15.7 Å². The molecule has 0 unspecified atom stereocenters. The molecule has 140 valence electrons. The van der Waals surface area contributed by atoms with Crippen LogP contribution in [-0.2, 0) is 28.3 Å². The first kappa shape index (κ1) is 18.6. The van der Waals surface area contributed by atoms with Crippen molar-refractivity contribution in [2.75, 3.05) is 18.4 Å². The Morgan fingerprint density at radius 2 is 2.19 bits per heavy atom. The SMILES string of the molecule is CCc1ccc(NC(=O)[C@H]2CNC[C@@H]2c2cnn(C)c2)cc1S(N)(=O)=O. The Bertz CT molecular complexity index is 922. The van der Waals surface area contributed by atoms with Gasteiger partial charge in [0.15, 0.2) is 0 Å². The van der Waals surface area contributed by atoms with Crippen molar-refractivity contribution in [2.24, 2.45) is 18.1 Å². The maximum atomic E-state index is 12.8. The quantitative estimate of drug-likeness (QED) is 0.704. The van der Waals surface area contributed by atoms with Crippen LogP contribution in [0.1, 0.15) is 24.0 Å². The third-order valence-electron chi connectivity index (χ3n) is 4.73. The number of aryl methyl sites for hydroxylation is 2. The third kappa shape index (κ3) is 3.79. The van der Waals surface area contributed by atoms with Crippen LogP contribution >= 0.6 is 0 Å². The van der Waals surface area contributed by atoms with E-state index in [1.54, 1.807) is 23.0 Å². The van der Waals surface area contributed by atoms with Gasteiger partial charge in [0.05, 0.1) is 17.0 Å². The van der Waals surface area contributed by atoms with E-state index in [0.29, 0.717) is 30.8 Å². The zero-order valence-electron chi connectivity index (χ0n) is 14.8. The van der Waals surface area contributed by atoms with Gasteiger partial charge in [-0.2, -0.15) is 5.10 Å². The number of primary sulfonamides is 1. The standard InChI is InChI=1S/C17H23N5O3S/c1-3-11-4-5-13(6-16(11)26(18,24)25)21-17(23)15-9-19-8-14(15)12-7-20-22(2)10-12/h4-7,10,14-15,19H,3,8-9H2,1-2H3,(H,21,23)(H2,18,24,25)/t14-,15+/m1/s1. The molecule has 1 aliphatic heterocycles. The highest BCUT2D eigenvalue weighted by molar-refractivity contribution is 7.89. The van der Waals surface area contributed by atoms with Crippen molar-refractivity contribution in [3.8, 4) is 0 Å². The highest BCUT2D eigenvalue weighted by atomic mass is 32.2. The zero-order chi connectivity index (χ0) is 18.9. The van der Waals surface area contributed by atoms with Crippen LogP contribution in [0, 0.1) is 5.92 Å². The Morgan fingerprint density at radius 3 is 2.81 bits per heavy atom. The minimum Gasteiger partial charge on any atom is -0.326 e. The lowest BCUT2D eigenvalue weighted by molar-refractivity contribution is -0.119. The van der Waals surface area contributed by atoms with E-state index in [0.717, 1.165) is 5.56 Å². The van der Waals surface area contributed by atoms with Crippen molar-refractivity contribution in [3.63, 3.8) is 0 Å². The molecular formula is C17H23N5O3S. The molecule has 0 saturated carbocycles. The molecule has 0 aliphatic carbocycles. The lowest BCUT2D eigenvalue weighted by atomic mass is 9.90. The molecule has 2 atom stereocenters. The van der Waals surface area contributed by atoms with Crippen molar-refractivity contribution >= 4 is 21.6 Å². The molecule has 4 N–H and O–H groups in total. The fraction of sp³-hybridized carbons (Fsp3) is 0.412. The minimum atomic E-state index is -3.85. The number of benzene rings is 1. The molecule has 0 radical (unpaired) electrons. The molecule has 9 heteroatoms. The molecular weight excluding hydrogens is 354 g/mol. The number of carbonyl (C=O) groups is 1. The lowest BCUT2D eigenvalue weighted by Crippen LogP contribution is -2.28. The molecule has 2 heterocycles. The number of sulfonamides is 1. The molecule has 1 saturated heterocycles. The van der Waals surface area contributed by atoms with Crippen LogP contribution in [0.25, 0.3) is 0 Å². The number of nitrogens with two attached hydrogens (primary N) is 1. The average Bonchev–Trinajstić information content (AvgIpc) is 3.22.